The van der Waals surface area contributed by atoms with Crippen LogP contribution in [0.3, 0.4) is 0 Å². The van der Waals surface area contributed by atoms with Crippen molar-refractivity contribution >= 4 is 27.5 Å². The molecule has 0 saturated carbocycles. The summed E-state index contributed by atoms with van der Waals surface area (Å²) in [5, 5.41) is 2.65. The molecule has 42 heavy (non-hydrogen) atoms. The van der Waals surface area contributed by atoms with E-state index in [2.05, 4.69) is 5.32 Å². The molecule has 0 unspecified atom stereocenters. The molecule has 218 valence electrons. The first-order chi connectivity index (χ1) is 20.1. The Morgan fingerprint density at radius 1 is 0.833 bits per heavy atom. The molecule has 2 amide bonds. The molecule has 4 rings (SSSR count). The number of amides is 2. The fraction of sp³-hybridized carbons (Fsp3) is 0.212. The van der Waals surface area contributed by atoms with E-state index >= 15 is 4.39 Å². The van der Waals surface area contributed by atoms with Crippen LogP contribution < -0.4 is 9.62 Å². The molecule has 4 aromatic carbocycles. The van der Waals surface area contributed by atoms with Gasteiger partial charge in [-0.3, -0.25) is 13.9 Å². The monoisotopic (exact) mass is 587 g/mol. The molecule has 0 bridgehead atoms. The summed E-state index contributed by atoms with van der Waals surface area (Å²) >= 11 is 0. The van der Waals surface area contributed by atoms with Gasteiger partial charge in [-0.25, -0.2) is 12.8 Å². The Morgan fingerprint density at radius 2 is 1.45 bits per heavy atom. The van der Waals surface area contributed by atoms with Gasteiger partial charge in [0.25, 0.3) is 10.0 Å². The third-order valence-electron chi connectivity index (χ3n) is 7.13. The second-order valence-electron chi connectivity index (χ2n) is 10.0. The van der Waals surface area contributed by atoms with Gasteiger partial charge in [0.1, 0.15) is 18.4 Å². The molecule has 0 aliphatic heterocycles. The minimum Gasteiger partial charge on any atom is -0.357 e. The number of hydrogen-bond acceptors (Lipinski definition) is 4. The number of aryl methyl sites for hydroxylation is 2. The minimum atomic E-state index is -4.37. The quantitative estimate of drug-likeness (QED) is 0.267. The summed E-state index contributed by atoms with van der Waals surface area (Å²) in [6, 6.07) is 27.3. The number of halogens is 1. The molecule has 0 aliphatic rings. The Hall–Kier alpha value is -4.50. The summed E-state index contributed by atoms with van der Waals surface area (Å²) in [5.74, 6) is -1.85. The lowest BCUT2D eigenvalue weighted by atomic mass is 10.0. The van der Waals surface area contributed by atoms with Crippen molar-refractivity contribution in [3.8, 4) is 0 Å². The van der Waals surface area contributed by atoms with Gasteiger partial charge in [-0.1, -0.05) is 84.4 Å². The normalized spacial score (nSPS) is 11.9. The Balaban J connectivity index is 1.80. The van der Waals surface area contributed by atoms with E-state index in [4.69, 9.17) is 0 Å². The van der Waals surface area contributed by atoms with Gasteiger partial charge in [0.15, 0.2) is 0 Å². The number of para-hydroxylation sites is 1. The first-order valence-electron chi connectivity index (χ1n) is 13.5. The van der Waals surface area contributed by atoms with Crippen LogP contribution in [0.2, 0.25) is 0 Å². The SMILES string of the molecule is CNC(=O)[C@H](Cc1ccccc1)N(Cc1ccccc1C)C(=O)CN(c1ccccc1F)S(=O)(=O)c1ccc(C)cc1. The first kappa shape index (κ1) is 30.5. The maximum atomic E-state index is 15.1. The van der Waals surface area contributed by atoms with Crippen LogP contribution in [0.4, 0.5) is 10.1 Å². The van der Waals surface area contributed by atoms with Gasteiger partial charge in [-0.2, -0.15) is 0 Å². The molecule has 0 aromatic heterocycles. The number of sulfonamides is 1. The molecular formula is C33H34FN3O4S. The molecular weight excluding hydrogens is 553 g/mol. The van der Waals surface area contributed by atoms with E-state index in [0.717, 1.165) is 32.6 Å². The van der Waals surface area contributed by atoms with Gasteiger partial charge in [0, 0.05) is 20.0 Å². The van der Waals surface area contributed by atoms with Crippen LogP contribution in [0.1, 0.15) is 22.3 Å². The summed E-state index contributed by atoms with van der Waals surface area (Å²) in [6.07, 6.45) is 0.197. The lowest BCUT2D eigenvalue weighted by Crippen LogP contribution is -2.53. The first-order valence-corrected chi connectivity index (χ1v) is 15.0. The molecule has 0 heterocycles. The Morgan fingerprint density at radius 3 is 2.10 bits per heavy atom. The van der Waals surface area contributed by atoms with E-state index in [1.165, 1.54) is 42.3 Å². The van der Waals surface area contributed by atoms with Crippen molar-refractivity contribution in [1.82, 2.24) is 10.2 Å². The minimum absolute atomic E-state index is 0.0477. The number of nitrogens with zero attached hydrogens (tertiary/aromatic N) is 2. The summed E-state index contributed by atoms with van der Waals surface area (Å²) < 4.78 is 43.8. The van der Waals surface area contributed by atoms with Crippen LogP contribution in [-0.4, -0.2) is 44.8 Å². The fourth-order valence-electron chi connectivity index (χ4n) is 4.70. The highest BCUT2D eigenvalue weighted by Gasteiger charge is 2.35. The maximum absolute atomic E-state index is 15.1. The van der Waals surface area contributed by atoms with E-state index in [0.29, 0.717) is 0 Å². The van der Waals surface area contributed by atoms with Crippen molar-refractivity contribution in [3.63, 3.8) is 0 Å². The van der Waals surface area contributed by atoms with Crippen molar-refractivity contribution in [3.05, 3.63) is 131 Å². The molecule has 9 heteroatoms. The summed E-state index contributed by atoms with van der Waals surface area (Å²) in [4.78, 5) is 28.9. The van der Waals surface area contributed by atoms with E-state index in [1.807, 2.05) is 68.4 Å². The average Bonchev–Trinajstić information content (AvgIpc) is 2.99. The zero-order valence-electron chi connectivity index (χ0n) is 23.8. The summed E-state index contributed by atoms with van der Waals surface area (Å²) in [7, 11) is -2.88. The lowest BCUT2D eigenvalue weighted by Gasteiger charge is -2.34. The highest BCUT2D eigenvalue weighted by atomic mass is 32.2. The van der Waals surface area contributed by atoms with Crippen molar-refractivity contribution in [2.45, 2.75) is 37.8 Å². The van der Waals surface area contributed by atoms with Crippen molar-refractivity contribution in [2.75, 3.05) is 17.9 Å². The highest BCUT2D eigenvalue weighted by molar-refractivity contribution is 7.92. The number of likely N-dealkylation sites (N-methyl/N-ethyl adjacent to an activating group) is 1. The van der Waals surface area contributed by atoms with E-state index in [-0.39, 0.29) is 23.5 Å². The number of benzene rings is 4. The number of rotatable bonds is 11. The number of nitrogens with one attached hydrogen (secondary N) is 1. The van der Waals surface area contributed by atoms with Crippen LogP contribution in [0.25, 0.3) is 0 Å². The molecule has 1 N–H and O–H groups in total. The Bertz CT molecular complexity index is 1640. The zero-order chi connectivity index (χ0) is 30.3. The molecule has 0 spiro atoms. The van der Waals surface area contributed by atoms with Crippen LogP contribution in [0.15, 0.2) is 108 Å². The standard InChI is InChI=1S/C33H34FN3O4S/c1-24-17-19-28(20-18-24)42(40,41)37(30-16-10-9-15-29(30)34)23-32(38)36(22-27-14-8-7-11-25(27)2)31(33(39)35-3)21-26-12-5-4-6-13-26/h4-20,31H,21-23H2,1-3H3,(H,35,39)/t31-/m0/s1. The number of carbonyl (C=O) groups excluding carboxylic acids is 2. The summed E-state index contributed by atoms with van der Waals surface area (Å²) in [6.45, 7) is 3.05. The topological polar surface area (TPSA) is 86.8 Å². The second kappa shape index (κ2) is 13.4. The fourth-order valence-corrected chi connectivity index (χ4v) is 6.12. The average molecular weight is 588 g/mol. The van der Waals surface area contributed by atoms with Gasteiger partial charge in [0.2, 0.25) is 11.8 Å². The smallest absolute Gasteiger partial charge is 0.264 e. The molecule has 4 aromatic rings. The van der Waals surface area contributed by atoms with E-state index in [1.54, 1.807) is 12.1 Å². The van der Waals surface area contributed by atoms with Crippen molar-refractivity contribution < 1.29 is 22.4 Å². The molecule has 0 radical (unpaired) electrons. The Kier molecular flexibility index (Phi) is 9.75. The number of anilines is 1. The molecule has 0 aliphatic carbocycles. The third kappa shape index (κ3) is 7.03. The Labute approximate surface area is 246 Å². The van der Waals surface area contributed by atoms with Crippen molar-refractivity contribution in [2.24, 2.45) is 0 Å². The second-order valence-corrected chi connectivity index (χ2v) is 11.9. The van der Waals surface area contributed by atoms with Crippen LogP contribution >= 0.6 is 0 Å². The lowest BCUT2D eigenvalue weighted by molar-refractivity contribution is -0.139. The summed E-state index contributed by atoms with van der Waals surface area (Å²) in [5.41, 5.74) is 3.12. The van der Waals surface area contributed by atoms with Crippen molar-refractivity contribution in [1.29, 1.82) is 0 Å². The van der Waals surface area contributed by atoms with Crippen LogP contribution in [0.5, 0.6) is 0 Å². The maximum Gasteiger partial charge on any atom is 0.264 e. The predicted octanol–water partition coefficient (Wildman–Crippen LogP) is 5.02. The third-order valence-corrected chi connectivity index (χ3v) is 8.90. The molecule has 0 fully saturated rings. The van der Waals surface area contributed by atoms with Gasteiger partial charge in [-0.05, 0) is 54.8 Å². The predicted molar refractivity (Wildman–Crippen MR) is 162 cm³/mol. The number of hydrogen-bond donors (Lipinski definition) is 1. The van der Waals surface area contributed by atoms with E-state index in [9.17, 15) is 18.0 Å². The molecule has 0 saturated heterocycles. The van der Waals surface area contributed by atoms with Gasteiger partial charge >= 0.3 is 0 Å². The highest BCUT2D eigenvalue weighted by Crippen LogP contribution is 2.27. The van der Waals surface area contributed by atoms with Gasteiger partial charge in [-0.15, -0.1) is 0 Å². The van der Waals surface area contributed by atoms with Gasteiger partial charge < -0.3 is 10.2 Å². The van der Waals surface area contributed by atoms with Gasteiger partial charge in [0.05, 0.1) is 10.6 Å². The molecule has 1 atom stereocenters. The largest absolute Gasteiger partial charge is 0.357 e. The van der Waals surface area contributed by atoms with E-state index < -0.39 is 40.2 Å². The molecule has 7 nitrogen and oxygen atoms in total. The zero-order valence-corrected chi connectivity index (χ0v) is 24.6. The van der Waals surface area contributed by atoms with Crippen LogP contribution in [0, 0.1) is 19.7 Å². The number of carbonyl (C=O) groups is 2. The van der Waals surface area contributed by atoms with Crippen LogP contribution in [-0.2, 0) is 32.6 Å².